The summed E-state index contributed by atoms with van der Waals surface area (Å²) in [6, 6.07) is -0.803. The number of hydrogen-bond acceptors (Lipinski definition) is 8. The molecule has 1 saturated heterocycles. The second-order valence-electron chi connectivity index (χ2n) is 20.4. The molecule has 0 saturated carbocycles. The van der Waals surface area contributed by atoms with Crippen molar-refractivity contribution < 1.29 is 39.8 Å². The van der Waals surface area contributed by atoms with Gasteiger partial charge in [-0.3, -0.25) is 4.79 Å². The van der Waals surface area contributed by atoms with Gasteiger partial charge < -0.3 is 40.3 Å². The van der Waals surface area contributed by atoms with Gasteiger partial charge in [0.15, 0.2) is 6.29 Å². The summed E-state index contributed by atoms with van der Waals surface area (Å²) in [5, 5.41) is 54.1. The average Bonchev–Trinajstić information content (AvgIpc) is 3.38. The Hall–Kier alpha value is -2.63. The molecule has 0 aliphatic carbocycles. The fourth-order valence-electron chi connectivity index (χ4n) is 9.04. The van der Waals surface area contributed by atoms with Crippen molar-refractivity contribution in [3.63, 3.8) is 0 Å². The third kappa shape index (κ3) is 40.7. The molecule has 0 radical (unpaired) electrons. The first kappa shape index (κ1) is 67.4. The Morgan fingerprint density at radius 2 is 0.861 bits per heavy atom. The van der Waals surface area contributed by atoms with E-state index in [2.05, 4.69) is 92.1 Å². The molecule has 72 heavy (non-hydrogen) atoms. The zero-order chi connectivity index (χ0) is 52.2. The summed E-state index contributed by atoms with van der Waals surface area (Å²) in [5.74, 6) is -0.179. The van der Waals surface area contributed by atoms with E-state index in [-0.39, 0.29) is 12.5 Å². The van der Waals surface area contributed by atoms with Crippen molar-refractivity contribution in [1.29, 1.82) is 0 Å². The second-order valence-corrected chi connectivity index (χ2v) is 20.4. The van der Waals surface area contributed by atoms with E-state index < -0.39 is 49.5 Å². The summed E-state index contributed by atoms with van der Waals surface area (Å²) < 4.78 is 11.2. The van der Waals surface area contributed by atoms with Gasteiger partial charge in [0.05, 0.1) is 25.4 Å². The molecule has 416 valence electrons. The standard InChI is InChI=1S/C63H111NO8/c1-3-5-7-9-11-13-14-15-16-17-18-19-20-21-22-23-24-25-26-27-28-29-30-31-32-33-34-35-36-37-38-39-40-41-42-43-44-45-47-49-51-53-59(67)64-56(57(66)52-50-48-46-12-10-8-6-4-2)55-71-63-62(70)61(69)60(68)58(54-65)72-63/h5,7,11,13,15-16,18-19,21-22,24-25,50,52,56-58,60-63,65-66,68-70H,3-4,6,8-10,12,14,17,20,23,26-49,51,53-55H2,1-2H3,(H,64,67)/b7-5-,13-11-,16-15-,19-18-,22-21-,25-24-,52-50+. The first-order chi connectivity index (χ1) is 35.3. The normalized spacial score (nSPS) is 19.8. The van der Waals surface area contributed by atoms with Crippen LogP contribution in [0.3, 0.4) is 0 Å². The number of unbranched alkanes of at least 4 members (excludes halogenated alkanes) is 28. The minimum atomic E-state index is -1.57. The molecule has 0 spiro atoms. The lowest BCUT2D eigenvalue weighted by molar-refractivity contribution is -0.302. The van der Waals surface area contributed by atoms with E-state index in [9.17, 15) is 30.3 Å². The van der Waals surface area contributed by atoms with Crippen molar-refractivity contribution >= 4 is 5.91 Å². The molecule has 7 atom stereocenters. The molecule has 1 fully saturated rings. The van der Waals surface area contributed by atoms with Crippen LogP contribution >= 0.6 is 0 Å². The predicted octanol–water partition coefficient (Wildman–Crippen LogP) is 15.0. The highest BCUT2D eigenvalue weighted by molar-refractivity contribution is 5.76. The van der Waals surface area contributed by atoms with Gasteiger partial charge in [0.25, 0.3) is 0 Å². The number of hydrogen-bond donors (Lipinski definition) is 6. The van der Waals surface area contributed by atoms with Crippen LogP contribution in [0.2, 0.25) is 0 Å². The van der Waals surface area contributed by atoms with Crippen LogP contribution < -0.4 is 5.32 Å². The molecule has 9 heteroatoms. The Morgan fingerprint density at radius 3 is 1.28 bits per heavy atom. The Labute approximate surface area is 441 Å². The number of amides is 1. The van der Waals surface area contributed by atoms with Crippen LogP contribution in [-0.4, -0.2) is 87.5 Å². The lowest BCUT2D eigenvalue weighted by atomic mass is 9.99. The van der Waals surface area contributed by atoms with Gasteiger partial charge in [-0.05, 0) is 70.6 Å². The summed E-state index contributed by atoms with van der Waals surface area (Å²) in [5.41, 5.74) is 0. The molecule has 1 amide bonds. The van der Waals surface area contributed by atoms with Crippen LogP contribution in [0.1, 0.15) is 251 Å². The molecule has 1 rings (SSSR count). The molecule has 0 aromatic rings. The average molecular weight is 1010 g/mol. The van der Waals surface area contributed by atoms with Gasteiger partial charge in [-0.25, -0.2) is 0 Å². The van der Waals surface area contributed by atoms with Crippen molar-refractivity contribution in [3.8, 4) is 0 Å². The summed E-state index contributed by atoms with van der Waals surface area (Å²) in [6.07, 6.45) is 67.1. The highest BCUT2D eigenvalue weighted by Crippen LogP contribution is 2.23. The van der Waals surface area contributed by atoms with Crippen LogP contribution in [-0.2, 0) is 14.3 Å². The topological polar surface area (TPSA) is 149 Å². The van der Waals surface area contributed by atoms with Gasteiger partial charge >= 0.3 is 0 Å². The highest BCUT2D eigenvalue weighted by Gasteiger charge is 2.44. The lowest BCUT2D eigenvalue weighted by Crippen LogP contribution is -2.60. The summed E-state index contributed by atoms with van der Waals surface area (Å²) in [4.78, 5) is 13.0. The smallest absolute Gasteiger partial charge is 0.220 e. The van der Waals surface area contributed by atoms with Crippen LogP contribution in [0, 0.1) is 0 Å². The minimum absolute atomic E-state index is 0.179. The van der Waals surface area contributed by atoms with Gasteiger partial charge in [-0.1, -0.05) is 259 Å². The van der Waals surface area contributed by atoms with Crippen LogP contribution in [0.25, 0.3) is 0 Å². The van der Waals surface area contributed by atoms with Crippen molar-refractivity contribution in [2.24, 2.45) is 0 Å². The number of carbonyl (C=O) groups excluding carboxylic acids is 1. The van der Waals surface area contributed by atoms with Crippen LogP contribution in [0.15, 0.2) is 85.1 Å². The Balaban J connectivity index is 1.99. The summed E-state index contributed by atoms with van der Waals surface area (Å²) in [6.45, 7) is 3.61. The minimum Gasteiger partial charge on any atom is -0.394 e. The SMILES string of the molecule is CC/C=C\C/C=C\C/C=C\C/C=C\C/C=C\C/C=C\CCCCCCCCCCCCCCCCCCCCCCCCC(=O)NC(COC1OC(CO)C(O)C(O)C1O)C(O)/C=C/CCCCCCCC. The zero-order valence-corrected chi connectivity index (χ0v) is 46.2. The zero-order valence-electron chi connectivity index (χ0n) is 46.2. The number of carbonyl (C=O) groups is 1. The van der Waals surface area contributed by atoms with Crippen molar-refractivity contribution in [2.75, 3.05) is 13.2 Å². The van der Waals surface area contributed by atoms with Crippen molar-refractivity contribution in [2.45, 2.75) is 294 Å². The second kappa shape index (κ2) is 51.8. The Morgan fingerprint density at radius 1 is 0.486 bits per heavy atom. The number of allylic oxidation sites excluding steroid dienone is 13. The number of nitrogens with one attached hydrogen (secondary N) is 1. The van der Waals surface area contributed by atoms with E-state index >= 15 is 0 Å². The maximum absolute atomic E-state index is 13.0. The Kier molecular flexibility index (Phi) is 48.5. The quantitative estimate of drug-likeness (QED) is 0.0261. The van der Waals surface area contributed by atoms with E-state index in [4.69, 9.17) is 9.47 Å². The lowest BCUT2D eigenvalue weighted by Gasteiger charge is -2.40. The van der Waals surface area contributed by atoms with Gasteiger partial charge in [-0.2, -0.15) is 0 Å². The summed E-state index contributed by atoms with van der Waals surface area (Å²) >= 11 is 0. The van der Waals surface area contributed by atoms with Crippen molar-refractivity contribution in [1.82, 2.24) is 5.32 Å². The van der Waals surface area contributed by atoms with Gasteiger partial charge in [-0.15, -0.1) is 0 Å². The van der Waals surface area contributed by atoms with E-state index in [1.54, 1.807) is 6.08 Å². The molecule has 0 aromatic heterocycles. The van der Waals surface area contributed by atoms with Crippen molar-refractivity contribution in [3.05, 3.63) is 85.1 Å². The largest absolute Gasteiger partial charge is 0.394 e. The third-order valence-electron chi connectivity index (χ3n) is 13.7. The fourth-order valence-corrected chi connectivity index (χ4v) is 9.04. The van der Waals surface area contributed by atoms with E-state index in [0.29, 0.717) is 6.42 Å². The maximum atomic E-state index is 13.0. The fraction of sp³-hybridized carbons (Fsp3) is 0.762. The molecule has 1 aliphatic heterocycles. The maximum Gasteiger partial charge on any atom is 0.220 e. The first-order valence-corrected chi connectivity index (χ1v) is 29.8. The van der Waals surface area contributed by atoms with Crippen LogP contribution in [0.4, 0.5) is 0 Å². The molecule has 0 bridgehead atoms. The molecule has 1 aliphatic rings. The number of rotatable bonds is 50. The number of aliphatic hydroxyl groups excluding tert-OH is 5. The van der Waals surface area contributed by atoms with Gasteiger partial charge in [0.1, 0.15) is 24.4 Å². The molecule has 6 N–H and O–H groups in total. The molecule has 0 aromatic carbocycles. The Bertz CT molecular complexity index is 1400. The molecule has 7 unspecified atom stereocenters. The van der Waals surface area contributed by atoms with Gasteiger partial charge in [0.2, 0.25) is 5.91 Å². The third-order valence-corrected chi connectivity index (χ3v) is 13.7. The predicted molar refractivity (Wildman–Crippen MR) is 304 cm³/mol. The monoisotopic (exact) mass is 1010 g/mol. The van der Waals surface area contributed by atoms with E-state index in [0.717, 1.165) is 77.0 Å². The molecular weight excluding hydrogens is 899 g/mol. The highest BCUT2D eigenvalue weighted by atomic mass is 16.7. The first-order valence-electron chi connectivity index (χ1n) is 29.8. The molecule has 1 heterocycles. The van der Waals surface area contributed by atoms with Crippen LogP contribution in [0.5, 0.6) is 0 Å². The van der Waals surface area contributed by atoms with E-state index in [1.807, 2.05) is 6.08 Å². The molecular formula is C63H111NO8. The molecule has 9 nitrogen and oxygen atoms in total. The number of ether oxygens (including phenoxy) is 2. The summed E-state index contributed by atoms with van der Waals surface area (Å²) in [7, 11) is 0. The van der Waals surface area contributed by atoms with E-state index in [1.165, 1.54) is 154 Å². The number of aliphatic hydroxyl groups is 5. The van der Waals surface area contributed by atoms with Gasteiger partial charge in [0, 0.05) is 6.42 Å².